The fourth-order valence-corrected chi connectivity index (χ4v) is 2.18. The zero-order chi connectivity index (χ0) is 14.3. The topological polar surface area (TPSA) is 125 Å². The molecule has 0 aliphatic carbocycles. The maximum Gasteiger partial charge on any atom is 0.326 e. The second-order valence-corrected chi connectivity index (χ2v) is 4.46. The number of aromatic nitrogens is 4. The van der Waals surface area contributed by atoms with Crippen LogP contribution in [0.5, 0.6) is 0 Å². The van der Waals surface area contributed by atoms with E-state index in [0.29, 0.717) is 5.69 Å². The lowest BCUT2D eigenvalue weighted by Gasteiger charge is -2.31. The minimum Gasteiger partial charge on any atom is -0.480 e. The molecule has 3 heterocycles. The molecule has 1 aliphatic rings. The molecule has 3 rings (SSSR count). The number of carboxylic acids is 1. The van der Waals surface area contributed by atoms with E-state index >= 15 is 0 Å². The molecule has 1 amide bonds. The minimum absolute atomic E-state index is 0.124. The number of nitrogens with one attached hydrogen (secondary N) is 1. The van der Waals surface area contributed by atoms with Crippen molar-refractivity contribution in [2.45, 2.75) is 25.9 Å². The van der Waals surface area contributed by atoms with Crippen LogP contribution in [0.1, 0.15) is 27.9 Å². The highest BCUT2D eigenvalue weighted by atomic mass is 16.5. The Balaban J connectivity index is 1.94. The van der Waals surface area contributed by atoms with Gasteiger partial charge in [0.25, 0.3) is 11.7 Å². The first-order chi connectivity index (χ1) is 9.56. The predicted molar refractivity (Wildman–Crippen MR) is 62.6 cm³/mol. The Morgan fingerprint density at radius 2 is 2.35 bits per heavy atom. The van der Waals surface area contributed by atoms with Gasteiger partial charge in [0.15, 0.2) is 0 Å². The van der Waals surface area contributed by atoms with E-state index in [4.69, 9.17) is 4.52 Å². The van der Waals surface area contributed by atoms with Crippen molar-refractivity contribution in [2.75, 3.05) is 0 Å². The lowest BCUT2D eigenvalue weighted by atomic mass is 10.0. The van der Waals surface area contributed by atoms with Crippen LogP contribution >= 0.6 is 0 Å². The number of carbonyl (C=O) groups is 2. The number of imidazole rings is 1. The largest absolute Gasteiger partial charge is 0.480 e. The number of aryl methyl sites for hydroxylation is 1. The van der Waals surface area contributed by atoms with E-state index in [2.05, 4.69) is 20.1 Å². The number of hydrogen-bond donors (Lipinski definition) is 2. The van der Waals surface area contributed by atoms with Crippen molar-refractivity contribution in [1.82, 2.24) is 25.0 Å². The van der Waals surface area contributed by atoms with Gasteiger partial charge in [0, 0.05) is 13.3 Å². The van der Waals surface area contributed by atoms with E-state index in [1.54, 1.807) is 6.92 Å². The second kappa shape index (κ2) is 4.44. The average molecular weight is 277 g/mol. The molecule has 20 heavy (non-hydrogen) atoms. The first-order valence-electron chi connectivity index (χ1n) is 5.91. The van der Waals surface area contributed by atoms with Crippen molar-refractivity contribution < 1.29 is 19.2 Å². The van der Waals surface area contributed by atoms with Crippen LogP contribution in [0.15, 0.2) is 10.9 Å². The Hall–Kier alpha value is -2.71. The van der Waals surface area contributed by atoms with E-state index in [0.717, 1.165) is 5.69 Å². The van der Waals surface area contributed by atoms with Crippen LogP contribution in [0.25, 0.3) is 0 Å². The van der Waals surface area contributed by atoms with Gasteiger partial charge in [-0.1, -0.05) is 5.16 Å². The molecule has 1 unspecified atom stereocenters. The lowest BCUT2D eigenvalue weighted by Crippen LogP contribution is -2.49. The number of carboxylic acid groups (broad SMARTS) is 1. The van der Waals surface area contributed by atoms with Gasteiger partial charge < -0.3 is 19.5 Å². The molecule has 2 N–H and O–H groups in total. The normalized spacial score (nSPS) is 17.9. The van der Waals surface area contributed by atoms with Crippen LogP contribution in [0.4, 0.5) is 0 Å². The summed E-state index contributed by atoms with van der Waals surface area (Å²) in [5.74, 6) is -1.56. The molecule has 0 saturated heterocycles. The van der Waals surface area contributed by atoms with Gasteiger partial charge in [0.05, 0.1) is 24.3 Å². The number of H-pyrrole nitrogens is 1. The molecule has 1 aliphatic heterocycles. The molecule has 0 bridgehead atoms. The van der Waals surface area contributed by atoms with E-state index in [-0.39, 0.29) is 24.7 Å². The summed E-state index contributed by atoms with van der Waals surface area (Å²) in [5.41, 5.74) is 1.38. The monoisotopic (exact) mass is 277 g/mol. The van der Waals surface area contributed by atoms with Crippen LogP contribution in [0.3, 0.4) is 0 Å². The zero-order valence-electron chi connectivity index (χ0n) is 10.5. The molecular formula is C11H11N5O4. The smallest absolute Gasteiger partial charge is 0.326 e. The van der Waals surface area contributed by atoms with Gasteiger partial charge in [-0.2, -0.15) is 4.98 Å². The number of aliphatic carboxylic acids is 1. The highest BCUT2D eigenvalue weighted by molar-refractivity contribution is 5.93. The van der Waals surface area contributed by atoms with Crippen molar-refractivity contribution in [3.05, 3.63) is 29.4 Å². The van der Waals surface area contributed by atoms with Crippen LogP contribution in [0.2, 0.25) is 0 Å². The van der Waals surface area contributed by atoms with Crippen molar-refractivity contribution in [3.8, 4) is 0 Å². The number of hydrogen-bond acceptors (Lipinski definition) is 6. The molecule has 0 saturated carbocycles. The highest BCUT2D eigenvalue weighted by Crippen LogP contribution is 2.22. The maximum absolute atomic E-state index is 12.3. The minimum atomic E-state index is -1.09. The number of aromatic amines is 1. The standard InChI is InChI=1S/C11H11N5O4/c1-5-14-9(15-20-5)10(17)16-3-7-6(12-4-13-7)2-8(16)11(18)19/h4,8H,2-3H2,1H3,(H,12,13)(H,18,19). The Labute approximate surface area is 112 Å². The first-order valence-corrected chi connectivity index (χ1v) is 5.91. The third kappa shape index (κ3) is 1.92. The molecule has 1 atom stereocenters. The van der Waals surface area contributed by atoms with Crippen LogP contribution < -0.4 is 0 Å². The Kier molecular flexibility index (Phi) is 2.74. The molecule has 2 aromatic heterocycles. The maximum atomic E-state index is 12.3. The van der Waals surface area contributed by atoms with Gasteiger partial charge in [0.2, 0.25) is 5.89 Å². The zero-order valence-corrected chi connectivity index (χ0v) is 10.5. The van der Waals surface area contributed by atoms with Gasteiger partial charge >= 0.3 is 5.97 Å². The lowest BCUT2D eigenvalue weighted by molar-refractivity contribution is -0.142. The Bertz CT molecular complexity index is 676. The fourth-order valence-electron chi connectivity index (χ4n) is 2.18. The molecule has 9 heteroatoms. The fraction of sp³-hybridized carbons (Fsp3) is 0.364. The van der Waals surface area contributed by atoms with Crippen molar-refractivity contribution >= 4 is 11.9 Å². The molecule has 0 aromatic carbocycles. The quantitative estimate of drug-likeness (QED) is 0.775. The summed E-state index contributed by atoms with van der Waals surface area (Å²) >= 11 is 0. The van der Waals surface area contributed by atoms with Crippen LogP contribution in [0, 0.1) is 6.92 Å². The van der Waals surface area contributed by atoms with E-state index in [1.165, 1.54) is 11.2 Å². The summed E-state index contributed by atoms with van der Waals surface area (Å²) in [6.07, 6.45) is 1.63. The van der Waals surface area contributed by atoms with E-state index in [1.807, 2.05) is 0 Å². The average Bonchev–Trinajstić information content (AvgIpc) is 3.04. The van der Waals surface area contributed by atoms with Crippen LogP contribution in [-0.2, 0) is 17.8 Å². The van der Waals surface area contributed by atoms with E-state index < -0.39 is 17.9 Å². The number of carbonyl (C=O) groups excluding carboxylic acids is 1. The van der Waals surface area contributed by atoms with Crippen molar-refractivity contribution in [3.63, 3.8) is 0 Å². The molecule has 9 nitrogen and oxygen atoms in total. The predicted octanol–water partition coefficient (Wildman–Crippen LogP) is -0.247. The number of rotatable bonds is 2. The van der Waals surface area contributed by atoms with Crippen molar-refractivity contribution in [2.24, 2.45) is 0 Å². The number of nitrogens with zero attached hydrogens (tertiary/aromatic N) is 4. The molecule has 2 aromatic rings. The molecule has 0 spiro atoms. The van der Waals surface area contributed by atoms with Crippen molar-refractivity contribution in [1.29, 1.82) is 0 Å². The van der Waals surface area contributed by atoms with E-state index in [9.17, 15) is 14.7 Å². The second-order valence-electron chi connectivity index (χ2n) is 4.46. The third-order valence-corrected chi connectivity index (χ3v) is 3.16. The molecule has 104 valence electrons. The Morgan fingerprint density at radius 3 is 3.00 bits per heavy atom. The van der Waals surface area contributed by atoms with Gasteiger partial charge in [-0.15, -0.1) is 0 Å². The summed E-state index contributed by atoms with van der Waals surface area (Å²) in [5, 5.41) is 12.8. The third-order valence-electron chi connectivity index (χ3n) is 3.16. The molecule has 0 fully saturated rings. The SMILES string of the molecule is Cc1nc(C(=O)N2Cc3[nH]cnc3CC2C(=O)O)no1. The molecule has 0 radical (unpaired) electrons. The first kappa shape index (κ1) is 12.3. The summed E-state index contributed by atoms with van der Waals surface area (Å²) in [6, 6.07) is -0.989. The Morgan fingerprint density at radius 1 is 1.55 bits per heavy atom. The van der Waals surface area contributed by atoms with Crippen LogP contribution in [-0.4, -0.2) is 48.0 Å². The van der Waals surface area contributed by atoms with Gasteiger partial charge in [0.1, 0.15) is 6.04 Å². The number of fused-ring (bicyclic) bond motifs is 1. The van der Waals surface area contributed by atoms with Gasteiger partial charge in [-0.25, -0.2) is 9.78 Å². The highest BCUT2D eigenvalue weighted by Gasteiger charge is 2.37. The summed E-state index contributed by atoms with van der Waals surface area (Å²) in [4.78, 5) is 35.6. The van der Waals surface area contributed by atoms with Gasteiger partial charge in [-0.3, -0.25) is 4.79 Å². The summed E-state index contributed by atoms with van der Waals surface area (Å²) in [7, 11) is 0. The molecular weight excluding hydrogens is 266 g/mol. The number of amides is 1. The van der Waals surface area contributed by atoms with Gasteiger partial charge in [-0.05, 0) is 0 Å². The summed E-state index contributed by atoms with van der Waals surface area (Å²) < 4.78 is 4.75. The summed E-state index contributed by atoms with van der Waals surface area (Å²) in [6.45, 7) is 1.68.